The maximum atomic E-state index is 10.9. The van der Waals surface area contributed by atoms with Crippen LogP contribution in [0, 0.1) is 17.0 Å². The number of hydrogen-bond donors (Lipinski definition) is 1. The molecule has 110 valence electrons. The highest BCUT2D eigenvalue weighted by atomic mass is 16.6. The van der Waals surface area contributed by atoms with Crippen molar-refractivity contribution in [2.75, 3.05) is 24.5 Å². The predicted molar refractivity (Wildman–Crippen MR) is 81.4 cm³/mol. The van der Waals surface area contributed by atoms with Crippen molar-refractivity contribution in [2.45, 2.75) is 39.2 Å². The van der Waals surface area contributed by atoms with Crippen LogP contribution >= 0.6 is 0 Å². The highest BCUT2D eigenvalue weighted by Gasteiger charge is 2.19. The first-order valence-corrected chi connectivity index (χ1v) is 7.35. The van der Waals surface area contributed by atoms with Crippen LogP contribution in [0.15, 0.2) is 18.2 Å². The number of benzene rings is 1. The van der Waals surface area contributed by atoms with Crippen molar-refractivity contribution < 1.29 is 4.92 Å². The van der Waals surface area contributed by atoms with Crippen molar-refractivity contribution in [1.29, 1.82) is 0 Å². The zero-order valence-corrected chi connectivity index (χ0v) is 12.3. The van der Waals surface area contributed by atoms with E-state index < -0.39 is 0 Å². The molecule has 0 amide bonds. The summed E-state index contributed by atoms with van der Waals surface area (Å²) in [6, 6.07) is 5.60. The first-order chi connectivity index (χ1) is 9.61. The summed E-state index contributed by atoms with van der Waals surface area (Å²) in [4.78, 5) is 12.9. The Morgan fingerprint density at radius 1 is 1.45 bits per heavy atom. The molecule has 1 aromatic rings. The number of hydrogen-bond acceptors (Lipinski definition) is 4. The number of likely N-dealkylation sites (N-methyl/N-ethyl adjacent to an activating group) is 1. The van der Waals surface area contributed by atoms with E-state index in [1.165, 1.54) is 19.3 Å². The maximum Gasteiger partial charge on any atom is 0.271 e. The first-order valence-electron chi connectivity index (χ1n) is 7.35. The Kier molecular flexibility index (Phi) is 4.95. The fraction of sp³-hybridized carbons (Fsp3) is 0.600. The molecule has 0 aromatic heterocycles. The van der Waals surface area contributed by atoms with E-state index in [2.05, 4.69) is 17.1 Å². The molecule has 2 rings (SSSR count). The van der Waals surface area contributed by atoms with E-state index in [0.29, 0.717) is 6.04 Å². The minimum atomic E-state index is -0.324. The van der Waals surface area contributed by atoms with Crippen molar-refractivity contribution in [1.82, 2.24) is 5.32 Å². The zero-order chi connectivity index (χ0) is 14.5. The fourth-order valence-corrected chi connectivity index (χ4v) is 2.80. The number of nitrogens with zero attached hydrogens (tertiary/aromatic N) is 2. The third kappa shape index (κ3) is 3.48. The maximum absolute atomic E-state index is 10.9. The van der Waals surface area contributed by atoms with E-state index in [4.69, 9.17) is 0 Å². The molecule has 1 aliphatic heterocycles. The van der Waals surface area contributed by atoms with Crippen LogP contribution in [0.5, 0.6) is 0 Å². The molecule has 1 N–H and O–H groups in total. The van der Waals surface area contributed by atoms with E-state index in [9.17, 15) is 10.1 Å². The number of nitro benzene ring substituents is 1. The molecule has 0 spiro atoms. The van der Waals surface area contributed by atoms with Gasteiger partial charge in [-0.25, -0.2) is 0 Å². The molecule has 5 heteroatoms. The normalized spacial score (nSPS) is 18.8. The van der Waals surface area contributed by atoms with Gasteiger partial charge >= 0.3 is 0 Å². The van der Waals surface area contributed by atoms with Crippen LogP contribution in [0.25, 0.3) is 0 Å². The fourth-order valence-electron chi connectivity index (χ4n) is 2.80. The number of aryl methyl sites for hydroxylation is 1. The first kappa shape index (κ1) is 14.8. The van der Waals surface area contributed by atoms with Gasteiger partial charge in [0, 0.05) is 37.0 Å². The molecule has 1 aromatic carbocycles. The van der Waals surface area contributed by atoms with Crippen LogP contribution < -0.4 is 10.2 Å². The monoisotopic (exact) mass is 277 g/mol. The van der Waals surface area contributed by atoms with Gasteiger partial charge in [0.05, 0.1) is 4.92 Å². The summed E-state index contributed by atoms with van der Waals surface area (Å²) < 4.78 is 0. The third-order valence-electron chi connectivity index (χ3n) is 3.98. The van der Waals surface area contributed by atoms with Gasteiger partial charge in [-0.15, -0.1) is 0 Å². The molecule has 0 bridgehead atoms. The molecular weight excluding hydrogens is 254 g/mol. The molecule has 1 atom stereocenters. The van der Waals surface area contributed by atoms with Gasteiger partial charge in [0.2, 0.25) is 0 Å². The zero-order valence-electron chi connectivity index (χ0n) is 12.3. The number of piperidine rings is 1. The van der Waals surface area contributed by atoms with Crippen molar-refractivity contribution in [3.63, 3.8) is 0 Å². The topological polar surface area (TPSA) is 58.4 Å². The number of anilines is 1. The van der Waals surface area contributed by atoms with Crippen molar-refractivity contribution in [3.8, 4) is 0 Å². The smallest absolute Gasteiger partial charge is 0.271 e. The second kappa shape index (κ2) is 6.70. The standard InChI is InChI=1S/C15H23N3O2/c1-3-17(11-13-6-4-5-9-16-13)15-10-14(18(19)20)8-7-12(15)2/h7-8,10,13,16H,3-6,9,11H2,1-2H3. The third-order valence-corrected chi connectivity index (χ3v) is 3.98. The quantitative estimate of drug-likeness (QED) is 0.664. The minimum absolute atomic E-state index is 0.167. The summed E-state index contributed by atoms with van der Waals surface area (Å²) in [5.74, 6) is 0. The molecule has 1 unspecified atom stereocenters. The van der Waals surface area contributed by atoms with Crippen molar-refractivity contribution in [2.24, 2.45) is 0 Å². The van der Waals surface area contributed by atoms with Gasteiger partial charge < -0.3 is 10.2 Å². The average Bonchev–Trinajstić information content (AvgIpc) is 2.46. The summed E-state index contributed by atoms with van der Waals surface area (Å²) in [5.41, 5.74) is 2.24. The molecule has 20 heavy (non-hydrogen) atoms. The lowest BCUT2D eigenvalue weighted by Crippen LogP contribution is -2.44. The molecule has 1 heterocycles. The van der Waals surface area contributed by atoms with Crippen LogP contribution in [0.1, 0.15) is 31.7 Å². The van der Waals surface area contributed by atoms with Gasteiger partial charge in [-0.2, -0.15) is 0 Å². The molecule has 0 radical (unpaired) electrons. The van der Waals surface area contributed by atoms with Crippen molar-refractivity contribution >= 4 is 11.4 Å². The Bertz CT molecular complexity index is 470. The highest BCUT2D eigenvalue weighted by Crippen LogP contribution is 2.26. The lowest BCUT2D eigenvalue weighted by molar-refractivity contribution is -0.384. The van der Waals surface area contributed by atoms with Crippen LogP contribution in [-0.4, -0.2) is 30.6 Å². The second-order valence-electron chi connectivity index (χ2n) is 5.41. The summed E-state index contributed by atoms with van der Waals surface area (Å²) in [6.45, 7) is 6.96. The number of nitro groups is 1. The Labute approximate surface area is 120 Å². The van der Waals surface area contributed by atoms with Crippen LogP contribution in [0.4, 0.5) is 11.4 Å². The molecule has 1 aliphatic rings. The molecule has 0 aliphatic carbocycles. The number of non-ortho nitro benzene ring substituents is 1. The highest BCUT2D eigenvalue weighted by molar-refractivity contribution is 5.58. The van der Waals surface area contributed by atoms with Gasteiger partial charge in [-0.05, 0) is 38.8 Å². The number of nitrogens with one attached hydrogen (secondary N) is 1. The minimum Gasteiger partial charge on any atom is -0.370 e. The Hall–Kier alpha value is -1.62. The van der Waals surface area contributed by atoms with Gasteiger partial charge in [0.15, 0.2) is 0 Å². The summed E-state index contributed by atoms with van der Waals surface area (Å²) in [6.07, 6.45) is 3.70. The van der Waals surface area contributed by atoms with E-state index in [1.807, 2.05) is 13.0 Å². The Morgan fingerprint density at radius 2 is 2.25 bits per heavy atom. The summed E-state index contributed by atoms with van der Waals surface area (Å²) in [5, 5.41) is 14.5. The largest absolute Gasteiger partial charge is 0.370 e. The van der Waals surface area contributed by atoms with Crippen LogP contribution in [0.2, 0.25) is 0 Å². The molecule has 1 fully saturated rings. The lowest BCUT2D eigenvalue weighted by atomic mass is 10.0. The van der Waals surface area contributed by atoms with Crippen LogP contribution in [0.3, 0.4) is 0 Å². The molecular formula is C15H23N3O2. The average molecular weight is 277 g/mol. The predicted octanol–water partition coefficient (Wildman–Crippen LogP) is 2.87. The van der Waals surface area contributed by atoms with Gasteiger partial charge in [0.1, 0.15) is 0 Å². The van der Waals surface area contributed by atoms with E-state index in [1.54, 1.807) is 12.1 Å². The molecule has 0 saturated carbocycles. The van der Waals surface area contributed by atoms with E-state index >= 15 is 0 Å². The Balaban J connectivity index is 2.17. The van der Waals surface area contributed by atoms with E-state index in [0.717, 1.165) is 30.9 Å². The summed E-state index contributed by atoms with van der Waals surface area (Å²) >= 11 is 0. The molecule has 1 saturated heterocycles. The Morgan fingerprint density at radius 3 is 2.85 bits per heavy atom. The summed E-state index contributed by atoms with van der Waals surface area (Å²) in [7, 11) is 0. The van der Waals surface area contributed by atoms with Gasteiger partial charge in [0.25, 0.3) is 5.69 Å². The van der Waals surface area contributed by atoms with Crippen LogP contribution in [-0.2, 0) is 0 Å². The van der Waals surface area contributed by atoms with Gasteiger partial charge in [-0.3, -0.25) is 10.1 Å². The van der Waals surface area contributed by atoms with Crippen molar-refractivity contribution in [3.05, 3.63) is 33.9 Å². The molecule has 5 nitrogen and oxygen atoms in total. The second-order valence-corrected chi connectivity index (χ2v) is 5.41. The van der Waals surface area contributed by atoms with Gasteiger partial charge in [-0.1, -0.05) is 12.5 Å². The SMILES string of the molecule is CCN(CC1CCCCN1)c1cc([N+](=O)[O-])ccc1C. The number of rotatable bonds is 5. The lowest BCUT2D eigenvalue weighted by Gasteiger charge is -2.32. The van der Waals surface area contributed by atoms with E-state index in [-0.39, 0.29) is 10.6 Å².